The summed E-state index contributed by atoms with van der Waals surface area (Å²) in [7, 11) is 0. The van der Waals surface area contributed by atoms with Crippen LogP contribution in [-0.2, 0) is 0 Å². The number of rotatable bonds is 2. The third kappa shape index (κ3) is 5.48. The van der Waals surface area contributed by atoms with E-state index in [0.717, 1.165) is 5.57 Å². The fraction of sp³-hybridized carbons (Fsp3) is 0.500. The van der Waals surface area contributed by atoms with Gasteiger partial charge in [-0.05, 0) is 6.92 Å². The summed E-state index contributed by atoms with van der Waals surface area (Å²) in [5.74, 6) is 0. The highest BCUT2D eigenvalue weighted by Crippen LogP contribution is 1.97. The van der Waals surface area contributed by atoms with Gasteiger partial charge >= 0.3 is 0 Å². The number of allylic oxidation sites excluding steroid dienone is 1. The molecule has 0 aromatic carbocycles. The lowest BCUT2D eigenvalue weighted by atomic mass is 10.2. The Hall–Kier alpha value is -0.960. The largest absolute Gasteiger partial charge is 0.404 e. The predicted octanol–water partition coefficient (Wildman–Crippen LogP) is 0.676. The normalized spacial score (nSPS) is 12.0. The van der Waals surface area contributed by atoms with Gasteiger partial charge in [0.05, 0.1) is 0 Å². The molecule has 6 N–H and O–H groups in total. The van der Waals surface area contributed by atoms with Crippen molar-refractivity contribution < 1.29 is 0 Å². The summed E-state index contributed by atoms with van der Waals surface area (Å²) in [6, 6.07) is 0. The second-order valence-corrected chi connectivity index (χ2v) is 1.64. The molecule has 0 amide bonds. The van der Waals surface area contributed by atoms with Crippen LogP contribution in [0, 0.1) is 0 Å². The average molecular weight is 157 g/mol. The SMILES string of the molecule is C/C=C(N)\C(=C/N)CN.CC. The Morgan fingerprint density at radius 2 is 1.82 bits per heavy atom. The summed E-state index contributed by atoms with van der Waals surface area (Å²) < 4.78 is 0. The first-order valence-electron chi connectivity index (χ1n) is 3.79. The molecule has 0 aliphatic heterocycles. The molecule has 0 aliphatic rings. The summed E-state index contributed by atoms with van der Waals surface area (Å²) in [5.41, 5.74) is 17.4. The standard InChI is InChI=1S/C6H13N3.C2H6/c1-2-6(9)5(3-7)4-8;1-2/h2-3H,4,7-9H2,1H3;1-2H3/b5-3-,6-2+;. The minimum Gasteiger partial charge on any atom is -0.404 e. The van der Waals surface area contributed by atoms with E-state index in [1.807, 2.05) is 20.8 Å². The van der Waals surface area contributed by atoms with Crippen LogP contribution < -0.4 is 17.2 Å². The van der Waals surface area contributed by atoms with Crippen LogP contribution in [0.5, 0.6) is 0 Å². The van der Waals surface area contributed by atoms with Crippen LogP contribution in [0.1, 0.15) is 20.8 Å². The van der Waals surface area contributed by atoms with E-state index in [1.54, 1.807) is 6.08 Å². The van der Waals surface area contributed by atoms with Crippen molar-refractivity contribution in [1.29, 1.82) is 0 Å². The third-order valence-electron chi connectivity index (χ3n) is 1.10. The van der Waals surface area contributed by atoms with Crippen molar-refractivity contribution in [2.45, 2.75) is 20.8 Å². The van der Waals surface area contributed by atoms with Crippen LogP contribution in [0.4, 0.5) is 0 Å². The van der Waals surface area contributed by atoms with E-state index in [1.165, 1.54) is 6.20 Å². The van der Waals surface area contributed by atoms with E-state index in [0.29, 0.717) is 12.2 Å². The minimum atomic E-state index is 0.396. The molecule has 0 saturated heterocycles. The van der Waals surface area contributed by atoms with E-state index in [4.69, 9.17) is 17.2 Å². The van der Waals surface area contributed by atoms with Crippen molar-refractivity contribution in [3.8, 4) is 0 Å². The van der Waals surface area contributed by atoms with Crippen molar-refractivity contribution in [3.63, 3.8) is 0 Å². The molecule has 0 saturated carbocycles. The molecule has 0 rings (SSSR count). The Morgan fingerprint density at radius 1 is 1.36 bits per heavy atom. The molecule has 3 heteroatoms. The Balaban J connectivity index is 0. The highest BCUT2D eigenvalue weighted by Gasteiger charge is 1.92. The second kappa shape index (κ2) is 9.04. The summed E-state index contributed by atoms with van der Waals surface area (Å²) in [6.45, 7) is 6.24. The minimum absolute atomic E-state index is 0.396. The zero-order valence-electron chi connectivity index (χ0n) is 7.59. The topological polar surface area (TPSA) is 78.1 Å². The van der Waals surface area contributed by atoms with Crippen molar-refractivity contribution in [1.82, 2.24) is 0 Å². The van der Waals surface area contributed by atoms with Gasteiger partial charge in [-0.3, -0.25) is 0 Å². The Kier molecular flexibility index (Phi) is 10.4. The van der Waals surface area contributed by atoms with E-state index in [9.17, 15) is 0 Å². The van der Waals surface area contributed by atoms with Gasteiger partial charge in [0.15, 0.2) is 0 Å². The Bertz CT molecular complexity index is 136. The molecule has 0 atom stereocenters. The van der Waals surface area contributed by atoms with E-state index >= 15 is 0 Å². The van der Waals surface area contributed by atoms with Gasteiger partial charge in [-0.1, -0.05) is 19.9 Å². The fourth-order valence-corrected chi connectivity index (χ4v) is 0.468. The van der Waals surface area contributed by atoms with Crippen molar-refractivity contribution >= 4 is 0 Å². The van der Waals surface area contributed by atoms with Crippen LogP contribution in [0.15, 0.2) is 23.5 Å². The maximum Gasteiger partial charge on any atom is 0.0330 e. The van der Waals surface area contributed by atoms with Crippen LogP contribution in [-0.4, -0.2) is 6.54 Å². The third-order valence-corrected chi connectivity index (χ3v) is 1.10. The molecule has 0 bridgehead atoms. The molecule has 0 heterocycles. The monoisotopic (exact) mass is 157 g/mol. The van der Waals surface area contributed by atoms with Gasteiger partial charge in [0.2, 0.25) is 0 Å². The van der Waals surface area contributed by atoms with Crippen molar-refractivity contribution in [3.05, 3.63) is 23.5 Å². The molecule has 0 fully saturated rings. The molecule has 66 valence electrons. The predicted molar refractivity (Wildman–Crippen MR) is 50.6 cm³/mol. The van der Waals surface area contributed by atoms with Crippen LogP contribution in [0.25, 0.3) is 0 Å². The first-order chi connectivity index (χ1) is 5.26. The zero-order chi connectivity index (χ0) is 9.28. The first kappa shape index (κ1) is 12.7. The molecular formula is C8H19N3. The molecule has 0 aromatic rings. The lowest BCUT2D eigenvalue weighted by Gasteiger charge is -2.00. The Morgan fingerprint density at radius 3 is 1.91 bits per heavy atom. The van der Waals surface area contributed by atoms with E-state index in [2.05, 4.69) is 0 Å². The van der Waals surface area contributed by atoms with Crippen LogP contribution in [0.3, 0.4) is 0 Å². The van der Waals surface area contributed by atoms with E-state index in [-0.39, 0.29) is 0 Å². The maximum absolute atomic E-state index is 5.47. The molecule has 0 aliphatic carbocycles. The lowest BCUT2D eigenvalue weighted by Crippen LogP contribution is -2.12. The number of hydrogen-bond donors (Lipinski definition) is 3. The summed E-state index contributed by atoms with van der Waals surface area (Å²) in [4.78, 5) is 0. The van der Waals surface area contributed by atoms with Gasteiger partial charge in [0, 0.05) is 24.0 Å². The van der Waals surface area contributed by atoms with Gasteiger partial charge < -0.3 is 17.2 Å². The summed E-state index contributed by atoms with van der Waals surface area (Å²) >= 11 is 0. The van der Waals surface area contributed by atoms with Gasteiger partial charge in [0.1, 0.15) is 0 Å². The van der Waals surface area contributed by atoms with Crippen molar-refractivity contribution in [2.24, 2.45) is 17.2 Å². The first-order valence-corrected chi connectivity index (χ1v) is 3.79. The highest BCUT2D eigenvalue weighted by atomic mass is 14.6. The van der Waals surface area contributed by atoms with Gasteiger partial charge in [-0.25, -0.2) is 0 Å². The molecule has 11 heavy (non-hydrogen) atoms. The molecule has 0 unspecified atom stereocenters. The van der Waals surface area contributed by atoms with Gasteiger partial charge in [-0.15, -0.1) is 0 Å². The summed E-state index contributed by atoms with van der Waals surface area (Å²) in [6.07, 6.45) is 3.20. The van der Waals surface area contributed by atoms with Crippen molar-refractivity contribution in [2.75, 3.05) is 6.54 Å². The average Bonchev–Trinajstić information content (AvgIpc) is 2.10. The smallest absolute Gasteiger partial charge is 0.0330 e. The molecule has 0 radical (unpaired) electrons. The van der Waals surface area contributed by atoms with Gasteiger partial charge in [-0.2, -0.15) is 0 Å². The van der Waals surface area contributed by atoms with Crippen LogP contribution >= 0.6 is 0 Å². The number of hydrogen-bond acceptors (Lipinski definition) is 3. The highest BCUT2D eigenvalue weighted by molar-refractivity contribution is 5.27. The molecule has 3 nitrogen and oxygen atoms in total. The molecular weight excluding hydrogens is 138 g/mol. The lowest BCUT2D eigenvalue weighted by molar-refractivity contribution is 1.11. The van der Waals surface area contributed by atoms with Crippen LogP contribution in [0.2, 0.25) is 0 Å². The van der Waals surface area contributed by atoms with Gasteiger partial charge in [0.25, 0.3) is 0 Å². The Labute approximate surface area is 68.9 Å². The maximum atomic E-state index is 5.47. The molecule has 0 spiro atoms. The number of nitrogens with two attached hydrogens (primary N) is 3. The molecule has 0 aromatic heterocycles. The zero-order valence-corrected chi connectivity index (χ0v) is 7.59. The van der Waals surface area contributed by atoms with E-state index < -0.39 is 0 Å². The summed E-state index contributed by atoms with van der Waals surface area (Å²) in [5, 5.41) is 0. The fourth-order valence-electron chi connectivity index (χ4n) is 0.468. The quantitative estimate of drug-likeness (QED) is 0.516. The second-order valence-electron chi connectivity index (χ2n) is 1.64.